The van der Waals surface area contributed by atoms with Gasteiger partial charge in [0, 0.05) is 5.69 Å². The molecule has 0 unspecified atom stereocenters. The molecular formula is C18H21ClN2O4S. The molecule has 0 aromatic heterocycles. The average Bonchev–Trinajstić information content (AvgIpc) is 2.60. The van der Waals surface area contributed by atoms with Gasteiger partial charge in [-0.25, -0.2) is 13.1 Å². The fraction of sp³-hybridized carbons (Fsp3) is 0.278. The van der Waals surface area contributed by atoms with Crippen LogP contribution in [0.1, 0.15) is 25.3 Å². The Hall–Kier alpha value is -2.09. The Morgan fingerprint density at radius 1 is 1.15 bits per heavy atom. The van der Waals surface area contributed by atoms with Gasteiger partial charge in [-0.2, -0.15) is 0 Å². The van der Waals surface area contributed by atoms with Gasteiger partial charge in [0.15, 0.2) is 0 Å². The number of carbonyl (C=O) groups is 1. The maximum Gasteiger partial charge on any atom is 0.241 e. The zero-order valence-corrected chi connectivity index (χ0v) is 16.3. The number of carbonyl (C=O) groups excluding carboxylic acids is 1. The third kappa shape index (κ3) is 5.20. The maximum atomic E-state index is 12.3. The molecule has 1 amide bonds. The highest BCUT2D eigenvalue weighted by molar-refractivity contribution is 7.89. The predicted octanol–water partition coefficient (Wildman–Crippen LogP) is 3.39. The first-order valence-electron chi connectivity index (χ1n) is 7.96. The van der Waals surface area contributed by atoms with E-state index in [2.05, 4.69) is 10.0 Å². The summed E-state index contributed by atoms with van der Waals surface area (Å²) in [5.41, 5.74) is 1.49. The topological polar surface area (TPSA) is 84.5 Å². The molecule has 140 valence electrons. The van der Waals surface area contributed by atoms with Gasteiger partial charge in [-0.15, -0.1) is 0 Å². The van der Waals surface area contributed by atoms with E-state index in [0.29, 0.717) is 22.4 Å². The average molecular weight is 397 g/mol. The third-order valence-electron chi connectivity index (χ3n) is 3.72. The zero-order valence-electron chi connectivity index (χ0n) is 14.7. The standard InChI is InChI=1S/C18H21ClN2O4S/c1-12(2)13-4-7-15(8-5-13)26(23,24)20-11-18(22)21-14-6-9-17(25-3)16(19)10-14/h4-10,12,20H,11H2,1-3H3,(H,21,22). The lowest BCUT2D eigenvalue weighted by Crippen LogP contribution is -2.32. The Labute approximate surface area is 158 Å². The van der Waals surface area contributed by atoms with E-state index < -0.39 is 22.5 Å². The second-order valence-electron chi connectivity index (χ2n) is 5.95. The number of methoxy groups -OCH3 is 1. The summed E-state index contributed by atoms with van der Waals surface area (Å²) >= 11 is 5.99. The van der Waals surface area contributed by atoms with E-state index in [9.17, 15) is 13.2 Å². The molecule has 0 fully saturated rings. The first-order chi connectivity index (χ1) is 12.2. The molecule has 0 aliphatic heterocycles. The molecule has 0 saturated heterocycles. The monoisotopic (exact) mass is 396 g/mol. The van der Waals surface area contributed by atoms with Gasteiger partial charge in [-0.3, -0.25) is 4.79 Å². The SMILES string of the molecule is COc1ccc(NC(=O)CNS(=O)(=O)c2ccc(C(C)C)cc2)cc1Cl. The number of nitrogens with one attached hydrogen (secondary N) is 2. The second kappa shape index (κ2) is 8.53. The molecule has 0 aliphatic carbocycles. The second-order valence-corrected chi connectivity index (χ2v) is 8.12. The van der Waals surface area contributed by atoms with E-state index in [4.69, 9.17) is 16.3 Å². The lowest BCUT2D eigenvalue weighted by atomic mass is 10.0. The van der Waals surface area contributed by atoms with Crippen LogP contribution in [-0.2, 0) is 14.8 Å². The van der Waals surface area contributed by atoms with Gasteiger partial charge in [-0.1, -0.05) is 37.6 Å². The van der Waals surface area contributed by atoms with Gasteiger partial charge < -0.3 is 10.1 Å². The Bertz CT molecular complexity index is 881. The minimum absolute atomic E-state index is 0.113. The van der Waals surface area contributed by atoms with Crippen LogP contribution < -0.4 is 14.8 Å². The number of rotatable bonds is 7. The van der Waals surface area contributed by atoms with Crippen molar-refractivity contribution in [1.29, 1.82) is 0 Å². The Kier molecular flexibility index (Phi) is 6.63. The van der Waals surface area contributed by atoms with Gasteiger partial charge in [0.1, 0.15) is 5.75 Å². The minimum atomic E-state index is -3.77. The van der Waals surface area contributed by atoms with Crippen LogP contribution in [0.4, 0.5) is 5.69 Å². The summed E-state index contributed by atoms with van der Waals surface area (Å²) in [5.74, 6) is 0.283. The van der Waals surface area contributed by atoms with E-state index >= 15 is 0 Å². The summed E-state index contributed by atoms with van der Waals surface area (Å²) in [7, 11) is -2.28. The fourth-order valence-electron chi connectivity index (χ4n) is 2.23. The van der Waals surface area contributed by atoms with Gasteiger partial charge >= 0.3 is 0 Å². The van der Waals surface area contributed by atoms with Gasteiger partial charge in [0.2, 0.25) is 15.9 Å². The Morgan fingerprint density at radius 3 is 2.35 bits per heavy atom. The van der Waals surface area contributed by atoms with Crippen molar-refractivity contribution in [2.75, 3.05) is 19.0 Å². The van der Waals surface area contributed by atoms with E-state index in [1.165, 1.54) is 25.3 Å². The van der Waals surface area contributed by atoms with Crippen LogP contribution in [0.25, 0.3) is 0 Å². The lowest BCUT2D eigenvalue weighted by Gasteiger charge is -2.10. The number of amides is 1. The molecule has 0 atom stereocenters. The lowest BCUT2D eigenvalue weighted by molar-refractivity contribution is -0.115. The summed E-state index contributed by atoms with van der Waals surface area (Å²) in [6, 6.07) is 11.3. The molecule has 0 aliphatic rings. The van der Waals surface area contributed by atoms with E-state index in [0.717, 1.165) is 5.56 Å². The number of benzene rings is 2. The summed E-state index contributed by atoms with van der Waals surface area (Å²) < 4.78 is 31.9. The largest absolute Gasteiger partial charge is 0.495 e. The molecule has 0 spiro atoms. The summed E-state index contributed by atoms with van der Waals surface area (Å²) in [6.07, 6.45) is 0. The Morgan fingerprint density at radius 2 is 1.81 bits per heavy atom. The summed E-state index contributed by atoms with van der Waals surface area (Å²) in [6.45, 7) is 3.66. The predicted molar refractivity (Wildman–Crippen MR) is 102 cm³/mol. The Balaban J connectivity index is 1.98. The molecular weight excluding hydrogens is 376 g/mol. The van der Waals surface area contributed by atoms with Crippen LogP contribution in [-0.4, -0.2) is 28.0 Å². The molecule has 2 N–H and O–H groups in total. The minimum Gasteiger partial charge on any atom is -0.495 e. The van der Waals surface area contributed by atoms with E-state index in [-0.39, 0.29) is 4.90 Å². The van der Waals surface area contributed by atoms with E-state index in [1.54, 1.807) is 24.3 Å². The highest BCUT2D eigenvalue weighted by atomic mass is 35.5. The van der Waals surface area contributed by atoms with Crippen molar-refractivity contribution in [1.82, 2.24) is 4.72 Å². The molecule has 0 saturated carbocycles. The van der Waals surface area contributed by atoms with Crippen LogP contribution in [0.3, 0.4) is 0 Å². The molecule has 2 aromatic rings. The zero-order chi connectivity index (χ0) is 19.3. The third-order valence-corrected chi connectivity index (χ3v) is 5.43. The van der Waals surface area contributed by atoms with Gasteiger partial charge in [-0.05, 0) is 41.8 Å². The quantitative estimate of drug-likeness (QED) is 0.751. The van der Waals surface area contributed by atoms with Crippen LogP contribution in [0.15, 0.2) is 47.4 Å². The van der Waals surface area contributed by atoms with Crippen molar-refractivity contribution in [2.24, 2.45) is 0 Å². The van der Waals surface area contributed by atoms with Crippen molar-refractivity contribution in [2.45, 2.75) is 24.7 Å². The van der Waals surface area contributed by atoms with E-state index in [1.807, 2.05) is 13.8 Å². The van der Waals surface area contributed by atoms with Crippen molar-refractivity contribution in [3.63, 3.8) is 0 Å². The number of halogens is 1. The summed E-state index contributed by atoms with van der Waals surface area (Å²) in [4.78, 5) is 12.1. The molecule has 0 radical (unpaired) electrons. The van der Waals surface area contributed by atoms with Crippen molar-refractivity contribution in [3.8, 4) is 5.75 Å². The molecule has 0 bridgehead atoms. The smallest absolute Gasteiger partial charge is 0.241 e. The first-order valence-corrected chi connectivity index (χ1v) is 9.82. The number of sulfonamides is 1. The fourth-order valence-corrected chi connectivity index (χ4v) is 3.46. The molecule has 2 aromatic carbocycles. The van der Waals surface area contributed by atoms with Crippen LogP contribution >= 0.6 is 11.6 Å². The first kappa shape index (κ1) is 20.2. The van der Waals surface area contributed by atoms with Crippen molar-refractivity contribution >= 4 is 33.2 Å². The molecule has 0 heterocycles. The molecule has 26 heavy (non-hydrogen) atoms. The number of anilines is 1. The highest BCUT2D eigenvalue weighted by Gasteiger charge is 2.16. The molecule has 8 heteroatoms. The van der Waals surface area contributed by atoms with Crippen LogP contribution in [0.2, 0.25) is 5.02 Å². The summed E-state index contributed by atoms with van der Waals surface area (Å²) in [5, 5.41) is 2.92. The van der Waals surface area contributed by atoms with Gasteiger partial charge in [0.25, 0.3) is 0 Å². The van der Waals surface area contributed by atoms with Gasteiger partial charge in [0.05, 0.1) is 23.6 Å². The molecule has 2 rings (SSSR count). The van der Waals surface area contributed by atoms with Crippen molar-refractivity contribution in [3.05, 3.63) is 53.1 Å². The van der Waals surface area contributed by atoms with Crippen molar-refractivity contribution < 1.29 is 17.9 Å². The normalized spacial score (nSPS) is 11.4. The highest BCUT2D eigenvalue weighted by Crippen LogP contribution is 2.27. The molecule has 6 nitrogen and oxygen atoms in total. The van der Waals surface area contributed by atoms with Crippen LogP contribution in [0, 0.1) is 0 Å². The van der Waals surface area contributed by atoms with Crippen LogP contribution in [0.5, 0.6) is 5.75 Å². The number of ether oxygens (including phenoxy) is 1. The number of hydrogen-bond donors (Lipinski definition) is 2. The maximum absolute atomic E-state index is 12.3. The number of hydrogen-bond acceptors (Lipinski definition) is 4.